The summed E-state index contributed by atoms with van der Waals surface area (Å²) in [4.78, 5) is 4.10. The molecule has 0 bridgehead atoms. The Balaban J connectivity index is 2.27. The molecule has 2 heterocycles. The zero-order valence-corrected chi connectivity index (χ0v) is 8.91. The number of anilines is 2. The van der Waals surface area contributed by atoms with E-state index in [1.54, 1.807) is 28.8 Å². The summed E-state index contributed by atoms with van der Waals surface area (Å²) in [6.45, 7) is 0. The summed E-state index contributed by atoms with van der Waals surface area (Å²) in [7, 11) is 0. The second kappa shape index (κ2) is 3.44. The average molecular weight is 226 g/mol. The lowest BCUT2D eigenvalue weighted by Gasteiger charge is -2.02. The fourth-order valence-corrected chi connectivity index (χ4v) is 1.75. The highest BCUT2D eigenvalue weighted by atomic mass is 15.3. The molecule has 0 aliphatic carbocycles. The van der Waals surface area contributed by atoms with Gasteiger partial charge in [0, 0.05) is 29.3 Å². The number of nitrogens with two attached hydrogens (primary N) is 2. The van der Waals surface area contributed by atoms with Crippen molar-refractivity contribution in [1.29, 1.82) is 0 Å². The van der Waals surface area contributed by atoms with Crippen LogP contribution < -0.4 is 11.5 Å². The molecule has 0 unspecified atom stereocenters. The van der Waals surface area contributed by atoms with E-state index in [-0.39, 0.29) is 0 Å². The topological polar surface area (TPSA) is 95.1 Å². The van der Waals surface area contributed by atoms with Crippen LogP contribution in [0.1, 0.15) is 0 Å². The van der Waals surface area contributed by atoms with Crippen molar-refractivity contribution in [2.24, 2.45) is 0 Å². The summed E-state index contributed by atoms with van der Waals surface area (Å²) in [5.41, 5.74) is 13.5. The SMILES string of the molecule is Nc1cc(N)cc(-c2nnc3ncccn23)c1. The van der Waals surface area contributed by atoms with Crippen molar-refractivity contribution < 1.29 is 0 Å². The molecular formula is C11H10N6. The molecule has 1 aromatic carbocycles. The third-order valence-electron chi connectivity index (χ3n) is 2.42. The van der Waals surface area contributed by atoms with Crippen LogP contribution in [0.4, 0.5) is 11.4 Å². The number of rotatable bonds is 1. The molecule has 2 aromatic heterocycles. The molecule has 0 aliphatic heterocycles. The standard InChI is InChI=1S/C11H10N6/c12-8-4-7(5-9(13)6-8)10-15-16-11-14-2-1-3-17(10)11/h1-6H,12-13H2. The molecule has 0 atom stereocenters. The van der Waals surface area contributed by atoms with Gasteiger partial charge < -0.3 is 11.5 Å². The predicted molar refractivity (Wildman–Crippen MR) is 65.0 cm³/mol. The fourth-order valence-electron chi connectivity index (χ4n) is 1.75. The minimum Gasteiger partial charge on any atom is -0.399 e. The second-order valence-corrected chi connectivity index (χ2v) is 3.70. The summed E-state index contributed by atoms with van der Waals surface area (Å²) >= 11 is 0. The van der Waals surface area contributed by atoms with E-state index >= 15 is 0 Å². The molecule has 0 amide bonds. The lowest BCUT2D eigenvalue weighted by Crippen LogP contribution is -1.94. The van der Waals surface area contributed by atoms with Gasteiger partial charge in [-0.25, -0.2) is 4.98 Å². The first-order chi connectivity index (χ1) is 8.24. The van der Waals surface area contributed by atoms with Gasteiger partial charge in [-0.15, -0.1) is 10.2 Å². The Hall–Kier alpha value is -2.63. The first-order valence-electron chi connectivity index (χ1n) is 5.06. The maximum atomic E-state index is 5.76. The van der Waals surface area contributed by atoms with Crippen molar-refractivity contribution >= 4 is 17.2 Å². The molecule has 17 heavy (non-hydrogen) atoms. The number of hydrogen-bond donors (Lipinski definition) is 2. The van der Waals surface area contributed by atoms with E-state index in [9.17, 15) is 0 Å². The van der Waals surface area contributed by atoms with Crippen LogP contribution in [0, 0.1) is 0 Å². The van der Waals surface area contributed by atoms with E-state index < -0.39 is 0 Å². The number of benzene rings is 1. The van der Waals surface area contributed by atoms with Crippen LogP contribution in [-0.2, 0) is 0 Å². The van der Waals surface area contributed by atoms with Crippen LogP contribution in [-0.4, -0.2) is 19.6 Å². The van der Waals surface area contributed by atoms with Crippen molar-refractivity contribution in [2.45, 2.75) is 0 Å². The molecule has 0 saturated heterocycles. The van der Waals surface area contributed by atoms with Crippen molar-refractivity contribution in [3.05, 3.63) is 36.7 Å². The summed E-state index contributed by atoms with van der Waals surface area (Å²) in [6, 6.07) is 7.13. The number of nitrogens with zero attached hydrogens (tertiary/aromatic N) is 4. The van der Waals surface area contributed by atoms with E-state index in [4.69, 9.17) is 11.5 Å². The first-order valence-corrected chi connectivity index (χ1v) is 5.06. The van der Waals surface area contributed by atoms with E-state index in [0.717, 1.165) is 5.56 Å². The quantitative estimate of drug-likeness (QED) is 0.602. The Kier molecular flexibility index (Phi) is 1.94. The van der Waals surface area contributed by atoms with Gasteiger partial charge in [-0.05, 0) is 24.3 Å². The largest absolute Gasteiger partial charge is 0.399 e. The minimum absolute atomic E-state index is 0.545. The molecule has 6 heteroatoms. The van der Waals surface area contributed by atoms with Gasteiger partial charge in [0.15, 0.2) is 5.82 Å². The van der Waals surface area contributed by atoms with Crippen LogP contribution >= 0.6 is 0 Å². The predicted octanol–water partition coefficient (Wildman–Crippen LogP) is 0.956. The number of nitrogen functional groups attached to an aromatic ring is 2. The number of aromatic nitrogens is 4. The van der Waals surface area contributed by atoms with E-state index in [1.165, 1.54) is 0 Å². The van der Waals surface area contributed by atoms with Gasteiger partial charge in [-0.3, -0.25) is 4.40 Å². The summed E-state index contributed by atoms with van der Waals surface area (Å²) < 4.78 is 1.79. The summed E-state index contributed by atoms with van der Waals surface area (Å²) in [5.74, 6) is 1.22. The third-order valence-corrected chi connectivity index (χ3v) is 2.42. The van der Waals surface area contributed by atoms with Gasteiger partial charge in [0.1, 0.15) is 0 Å². The van der Waals surface area contributed by atoms with Gasteiger partial charge >= 0.3 is 0 Å². The van der Waals surface area contributed by atoms with Crippen LogP contribution in [0.2, 0.25) is 0 Å². The van der Waals surface area contributed by atoms with E-state index in [1.807, 2.05) is 12.3 Å². The van der Waals surface area contributed by atoms with E-state index in [2.05, 4.69) is 15.2 Å². The summed E-state index contributed by atoms with van der Waals surface area (Å²) in [5, 5.41) is 8.06. The molecular weight excluding hydrogens is 216 g/mol. The smallest absolute Gasteiger partial charge is 0.255 e. The zero-order chi connectivity index (χ0) is 11.8. The van der Waals surface area contributed by atoms with Crippen LogP contribution in [0.5, 0.6) is 0 Å². The first kappa shape index (κ1) is 9.59. The molecule has 0 aliphatic rings. The third kappa shape index (κ3) is 1.55. The monoisotopic (exact) mass is 226 g/mol. The molecule has 0 spiro atoms. The highest BCUT2D eigenvalue weighted by Gasteiger charge is 2.09. The van der Waals surface area contributed by atoms with E-state index in [0.29, 0.717) is 23.0 Å². The molecule has 3 aromatic rings. The van der Waals surface area contributed by atoms with Gasteiger partial charge in [-0.1, -0.05) is 0 Å². The van der Waals surface area contributed by atoms with Crippen molar-refractivity contribution in [2.75, 3.05) is 11.5 Å². The van der Waals surface area contributed by atoms with Crippen LogP contribution in [0.15, 0.2) is 36.7 Å². The highest BCUT2D eigenvalue weighted by molar-refractivity contribution is 5.69. The normalized spacial score (nSPS) is 10.8. The lowest BCUT2D eigenvalue weighted by molar-refractivity contribution is 1.10. The Labute approximate surface area is 96.9 Å². The molecule has 4 N–H and O–H groups in total. The fraction of sp³-hybridized carbons (Fsp3) is 0. The molecule has 0 fully saturated rings. The van der Waals surface area contributed by atoms with Crippen molar-refractivity contribution in [3.8, 4) is 11.4 Å². The van der Waals surface area contributed by atoms with Gasteiger partial charge in [0.25, 0.3) is 5.78 Å². The van der Waals surface area contributed by atoms with Gasteiger partial charge in [0.05, 0.1) is 0 Å². The zero-order valence-electron chi connectivity index (χ0n) is 8.91. The Bertz CT molecular complexity index is 667. The maximum Gasteiger partial charge on any atom is 0.255 e. The highest BCUT2D eigenvalue weighted by Crippen LogP contribution is 2.23. The Morgan fingerprint density at radius 1 is 1.00 bits per heavy atom. The number of hydrogen-bond acceptors (Lipinski definition) is 5. The van der Waals surface area contributed by atoms with Crippen LogP contribution in [0.3, 0.4) is 0 Å². The molecule has 0 saturated carbocycles. The number of fused-ring (bicyclic) bond motifs is 1. The molecule has 6 nitrogen and oxygen atoms in total. The molecule has 84 valence electrons. The maximum absolute atomic E-state index is 5.76. The van der Waals surface area contributed by atoms with Crippen molar-refractivity contribution in [3.63, 3.8) is 0 Å². The van der Waals surface area contributed by atoms with Gasteiger partial charge in [0.2, 0.25) is 0 Å². The average Bonchev–Trinajstić information content (AvgIpc) is 2.71. The molecule has 0 radical (unpaired) electrons. The summed E-state index contributed by atoms with van der Waals surface area (Å²) in [6.07, 6.45) is 3.51. The lowest BCUT2D eigenvalue weighted by atomic mass is 10.1. The minimum atomic E-state index is 0.545. The Morgan fingerprint density at radius 3 is 2.53 bits per heavy atom. The van der Waals surface area contributed by atoms with Crippen molar-refractivity contribution in [1.82, 2.24) is 19.6 Å². The molecule has 3 rings (SSSR count). The Morgan fingerprint density at radius 2 is 1.76 bits per heavy atom. The van der Waals surface area contributed by atoms with Gasteiger partial charge in [-0.2, -0.15) is 0 Å². The van der Waals surface area contributed by atoms with Crippen LogP contribution in [0.25, 0.3) is 17.2 Å². The second-order valence-electron chi connectivity index (χ2n) is 3.70.